The molecule has 2 amide bonds. The third kappa shape index (κ3) is 4.30. The number of aromatic nitrogens is 4. The van der Waals surface area contributed by atoms with E-state index in [4.69, 9.17) is 11.5 Å². The van der Waals surface area contributed by atoms with E-state index in [0.717, 1.165) is 34.4 Å². The van der Waals surface area contributed by atoms with Gasteiger partial charge in [0.05, 0.1) is 11.5 Å². The van der Waals surface area contributed by atoms with E-state index in [0.29, 0.717) is 35.8 Å². The van der Waals surface area contributed by atoms with Crippen molar-refractivity contribution in [2.75, 3.05) is 6.54 Å². The van der Waals surface area contributed by atoms with Crippen LogP contribution in [0.5, 0.6) is 0 Å². The molecule has 1 saturated heterocycles. The Morgan fingerprint density at radius 2 is 1.77 bits per heavy atom. The molecule has 0 saturated carbocycles. The highest BCUT2D eigenvalue weighted by Crippen LogP contribution is 2.54. The summed E-state index contributed by atoms with van der Waals surface area (Å²) in [6.45, 7) is 11.2. The molecule has 1 fully saturated rings. The van der Waals surface area contributed by atoms with Gasteiger partial charge in [0.2, 0.25) is 11.8 Å². The molecule has 11 nitrogen and oxygen atoms in total. The van der Waals surface area contributed by atoms with Gasteiger partial charge in [-0.25, -0.2) is 0 Å². The number of H-pyrrole nitrogens is 1. The molecule has 206 valence electrons. The van der Waals surface area contributed by atoms with Crippen molar-refractivity contribution in [3.8, 4) is 17.2 Å². The fraction of sp³-hybridized carbons (Fsp3) is 0.379. The number of hydrogen-bond donors (Lipinski definition) is 4. The number of aromatic amines is 1. The summed E-state index contributed by atoms with van der Waals surface area (Å²) in [5, 5.41) is 28.5. The predicted octanol–water partition coefficient (Wildman–Crippen LogP) is 2.22. The van der Waals surface area contributed by atoms with Crippen LogP contribution in [0, 0.1) is 17.2 Å². The quantitative estimate of drug-likeness (QED) is 0.319. The molecular formula is C29H33N9O2. The van der Waals surface area contributed by atoms with Gasteiger partial charge in [0, 0.05) is 35.5 Å². The molecule has 3 aromatic rings. The number of carbonyl (C=O) groups excluding carboxylic acids is 2. The summed E-state index contributed by atoms with van der Waals surface area (Å²) in [5.41, 5.74) is 15.2. The molecule has 0 bridgehead atoms. The highest BCUT2D eigenvalue weighted by atomic mass is 16.1. The van der Waals surface area contributed by atoms with Crippen LogP contribution >= 0.6 is 0 Å². The second-order valence-electron chi connectivity index (χ2n) is 10.9. The molecule has 6 N–H and O–H groups in total. The number of nitriles is 1. The third-order valence-corrected chi connectivity index (χ3v) is 8.52. The predicted molar refractivity (Wildman–Crippen MR) is 149 cm³/mol. The molecule has 0 spiro atoms. The minimum Gasteiger partial charge on any atom is -0.366 e. The van der Waals surface area contributed by atoms with Crippen LogP contribution < -0.4 is 16.8 Å². The van der Waals surface area contributed by atoms with Crippen LogP contribution in [-0.2, 0) is 5.41 Å². The van der Waals surface area contributed by atoms with Gasteiger partial charge in [-0.15, -0.1) is 10.2 Å². The highest BCUT2D eigenvalue weighted by Gasteiger charge is 2.49. The zero-order valence-corrected chi connectivity index (χ0v) is 22.8. The summed E-state index contributed by atoms with van der Waals surface area (Å²) in [6, 6.07) is 13.0. The lowest BCUT2D eigenvalue weighted by Crippen LogP contribution is -2.42. The Balaban J connectivity index is 1.53. The molecule has 0 radical (unpaired) electrons. The normalized spacial score (nSPS) is 21.4. The van der Waals surface area contributed by atoms with Crippen molar-refractivity contribution in [2.24, 2.45) is 17.4 Å². The summed E-state index contributed by atoms with van der Waals surface area (Å²) >= 11 is 0. The van der Waals surface area contributed by atoms with Crippen molar-refractivity contribution in [1.82, 2.24) is 30.8 Å². The molecule has 1 aliphatic heterocycles. The van der Waals surface area contributed by atoms with Crippen LogP contribution in [0.1, 0.15) is 71.3 Å². The molecule has 2 unspecified atom stereocenters. The molecule has 40 heavy (non-hydrogen) atoms. The second-order valence-corrected chi connectivity index (χ2v) is 10.9. The number of likely N-dealkylation sites (tertiary alicyclic amines) is 1. The Labute approximate surface area is 232 Å². The molecule has 1 aromatic heterocycles. The maximum atomic E-state index is 12.1. The fourth-order valence-corrected chi connectivity index (χ4v) is 6.38. The zero-order valence-electron chi connectivity index (χ0n) is 22.8. The molecule has 5 rings (SSSR count). The van der Waals surface area contributed by atoms with E-state index in [1.54, 1.807) is 24.3 Å². The van der Waals surface area contributed by atoms with Crippen LogP contribution in [0.15, 0.2) is 48.7 Å². The van der Waals surface area contributed by atoms with Gasteiger partial charge in [0.1, 0.15) is 6.04 Å². The minimum atomic E-state index is -0.845. The summed E-state index contributed by atoms with van der Waals surface area (Å²) in [7, 11) is 0. The lowest BCUT2D eigenvalue weighted by Gasteiger charge is -2.34. The molecular weight excluding hydrogens is 506 g/mol. The average molecular weight is 540 g/mol. The molecule has 2 heterocycles. The standard InChI is InChI=1S/C29H33N9O2/c1-15-9-21(13-30)38(18(15)4)17(3)14-33-16(2)12-29(28-34-36-37-35-28)24-7-5-19(26(31)39)10-22(24)23-11-20(27(32)40)6-8-25(23)29/h5-8,10-11,15-16,18,21,33H,3,9,12,14H2,1-2,4H3,(H2,31,39)(H2,32,40)(H,34,35,36,37)/t15-,16-,18?,21?/m0/s1. The first-order chi connectivity index (χ1) is 19.1. The number of nitrogens with one attached hydrogen (secondary N) is 2. The van der Waals surface area contributed by atoms with E-state index in [2.05, 4.69) is 64.3 Å². The Bertz CT molecular complexity index is 1460. The van der Waals surface area contributed by atoms with E-state index in [-0.39, 0.29) is 18.1 Å². The van der Waals surface area contributed by atoms with Crippen molar-refractivity contribution < 1.29 is 9.59 Å². The van der Waals surface area contributed by atoms with Crippen molar-refractivity contribution in [3.05, 3.63) is 76.8 Å². The first-order valence-corrected chi connectivity index (χ1v) is 13.3. The Morgan fingerprint density at radius 1 is 1.18 bits per heavy atom. The van der Waals surface area contributed by atoms with Crippen LogP contribution in [0.3, 0.4) is 0 Å². The first-order valence-electron chi connectivity index (χ1n) is 13.3. The Kier molecular flexibility index (Phi) is 6.89. The van der Waals surface area contributed by atoms with Gasteiger partial charge in [-0.2, -0.15) is 10.5 Å². The smallest absolute Gasteiger partial charge is 0.248 e. The molecule has 2 aromatic carbocycles. The number of primary amides is 2. The monoisotopic (exact) mass is 539 g/mol. The number of fused-ring (bicyclic) bond motifs is 3. The van der Waals surface area contributed by atoms with Crippen LogP contribution in [-0.4, -0.2) is 62.0 Å². The summed E-state index contributed by atoms with van der Waals surface area (Å²) in [6.07, 6.45) is 1.35. The number of tetrazole rings is 1. The number of nitrogens with zero attached hydrogens (tertiary/aromatic N) is 5. The van der Waals surface area contributed by atoms with E-state index in [9.17, 15) is 14.9 Å². The third-order valence-electron chi connectivity index (χ3n) is 8.52. The van der Waals surface area contributed by atoms with Crippen LogP contribution in [0.25, 0.3) is 11.1 Å². The number of rotatable bonds is 9. The van der Waals surface area contributed by atoms with Crippen molar-refractivity contribution in [2.45, 2.75) is 57.2 Å². The van der Waals surface area contributed by atoms with Gasteiger partial charge in [0.25, 0.3) is 0 Å². The van der Waals surface area contributed by atoms with Crippen LogP contribution in [0.4, 0.5) is 0 Å². The number of hydrogen-bond acceptors (Lipinski definition) is 8. The average Bonchev–Trinajstić information content (AvgIpc) is 3.64. The van der Waals surface area contributed by atoms with Crippen molar-refractivity contribution in [3.63, 3.8) is 0 Å². The van der Waals surface area contributed by atoms with Gasteiger partial charge in [0.15, 0.2) is 5.82 Å². The second kappa shape index (κ2) is 10.2. The molecule has 4 atom stereocenters. The number of carbonyl (C=O) groups is 2. The summed E-state index contributed by atoms with van der Waals surface area (Å²) < 4.78 is 0. The number of nitrogens with two attached hydrogens (primary N) is 2. The highest BCUT2D eigenvalue weighted by molar-refractivity contribution is 5.98. The van der Waals surface area contributed by atoms with E-state index in [1.165, 1.54) is 0 Å². The maximum Gasteiger partial charge on any atom is 0.248 e. The summed E-state index contributed by atoms with van der Waals surface area (Å²) in [5.74, 6) is -0.239. The zero-order chi connectivity index (χ0) is 28.8. The van der Waals surface area contributed by atoms with Gasteiger partial charge >= 0.3 is 0 Å². The van der Waals surface area contributed by atoms with Gasteiger partial charge < -0.3 is 21.7 Å². The molecule has 1 aliphatic carbocycles. The Morgan fingerprint density at radius 3 is 2.27 bits per heavy atom. The van der Waals surface area contributed by atoms with E-state index in [1.807, 2.05) is 12.1 Å². The van der Waals surface area contributed by atoms with E-state index < -0.39 is 17.2 Å². The maximum absolute atomic E-state index is 12.1. The molecule has 2 aliphatic rings. The van der Waals surface area contributed by atoms with Crippen molar-refractivity contribution >= 4 is 11.8 Å². The molecule has 11 heteroatoms. The lowest BCUT2D eigenvalue weighted by atomic mass is 9.72. The topological polar surface area (TPSA) is 180 Å². The largest absolute Gasteiger partial charge is 0.366 e. The first kappa shape index (κ1) is 27.0. The minimum absolute atomic E-state index is 0.0726. The number of amides is 2. The summed E-state index contributed by atoms with van der Waals surface area (Å²) in [4.78, 5) is 26.3. The van der Waals surface area contributed by atoms with E-state index >= 15 is 0 Å². The van der Waals surface area contributed by atoms with Gasteiger partial charge in [-0.1, -0.05) is 30.8 Å². The Hall–Kier alpha value is -4.56. The SMILES string of the molecule is C=C(CN[C@@H](C)CC1(c2nn[nH]n2)c2ccc(C(N)=O)cc2-c2cc(C(N)=O)ccc21)N1C(C#N)C[C@H](C)C1C. The number of benzene rings is 2. The fourth-order valence-electron chi connectivity index (χ4n) is 6.38. The van der Waals surface area contributed by atoms with Crippen molar-refractivity contribution in [1.29, 1.82) is 5.26 Å². The lowest BCUT2D eigenvalue weighted by molar-refractivity contribution is 0.0991. The van der Waals surface area contributed by atoms with Crippen LogP contribution in [0.2, 0.25) is 0 Å². The van der Waals surface area contributed by atoms with Gasteiger partial charge in [-0.3, -0.25) is 9.59 Å². The van der Waals surface area contributed by atoms with Gasteiger partial charge in [-0.05, 0) is 79.1 Å².